The molecule has 1 fully saturated rings. The van der Waals surface area contributed by atoms with E-state index in [0.717, 1.165) is 5.56 Å². The number of rotatable bonds is 6. The average Bonchev–Trinajstić information content (AvgIpc) is 2.61. The molecule has 1 aliphatic heterocycles. The van der Waals surface area contributed by atoms with E-state index in [4.69, 9.17) is 23.7 Å². The molecule has 2 rings (SSSR count). The van der Waals surface area contributed by atoms with Gasteiger partial charge in [-0.2, -0.15) is 0 Å². The van der Waals surface area contributed by atoms with Crippen LogP contribution in [0.1, 0.15) is 38.9 Å². The van der Waals surface area contributed by atoms with E-state index in [1.165, 1.54) is 20.8 Å². The second-order valence-electron chi connectivity index (χ2n) is 6.20. The monoisotopic (exact) mass is 380 g/mol. The van der Waals surface area contributed by atoms with E-state index in [0.29, 0.717) is 12.2 Å². The predicted octanol–water partition coefficient (Wildman–Crippen LogP) is 1.95. The van der Waals surface area contributed by atoms with E-state index < -0.39 is 42.3 Å². The fourth-order valence-corrected chi connectivity index (χ4v) is 2.97. The van der Waals surface area contributed by atoms with Crippen molar-refractivity contribution in [3.63, 3.8) is 0 Å². The standard InChI is InChI=1S/C19H24O8/c1-11(20)24-10-18-19(26-13(3)22)17(25-12(2)21)9-16(27-18)14-5-7-15(23-4)8-6-14/h5-8,16-19H,9-10H2,1-4H3/t16?,17-,18-,19-/m1/s1. The van der Waals surface area contributed by atoms with Crippen molar-refractivity contribution in [2.75, 3.05) is 13.7 Å². The molecular formula is C19H24O8. The van der Waals surface area contributed by atoms with Gasteiger partial charge in [-0.1, -0.05) is 12.1 Å². The lowest BCUT2D eigenvalue weighted by Crippen LogP contribution is -2.51. The Balaban J connectivity index is 2.27. The Labute approximate surface area is 157 Å². The third kappa shape index (κ3) is 5.96. The van der Waals surface area contributed by atoms with Crippen molar-refractivity contribution in [2.24, 2.45) is 0 Å². The molecule has 0 radical (unpaired) electrons. The van der Waals surface area contributed by atoms with Gasteiger partial charge in [0.15, 0.2) is 6.10 Å². The van der Waals surface area contributed by atoms with Crippen molar-refractivity contribution >= 4 is 17.9 Å². The number of benzene rings is 1. The number of esters is 3. The van der Waals surface area contributed by atoms with Crippen LogP contribution in [0.5, 0.6) is 5.75 Å². The lowest BCUT2D eigenvalue weighted by Gasteiger charge is -2.40. The molecule has 1 saturated heterocycles. The number of hydrogen-bond acceptors (Lipinski definition) is 8. The van der Waals surface area contributed by atoms with Crippen LogP contribution < -0.4 is 4.74 Å². The summed E-state index contributed by atoms with van der Waals surface area (Å²) in [5.74, 6) is -0.841. The minimum atomic E-state index is -0.875. The minimum absolute atomic E-state index is 0.127. The smallest absolute Gasteiger partial charge is 0.303 e. The van der Waals surface area contributed by atoms with Gasteiger partial charge in [-0.05, 0) is 17.7 Å². The summed E-state index contributed by atoms with van der Waals surface area (Å²) >= 11 is 0. The van der Waals surface area contributed by atoms with E-state index in [1.54, 1.807) is 19.2 Å². The van der Waals surface area contributed by atoms with Crippen LogP contribution in [0.25, 0.3) is 0 Å². The lowest BCUT2D eigenvalue weighted by molar-refractivity contribution is -0.216. The van der Waals surface area contributed by atoms with Gasteiger partial charge in [0.2, 0.25) is 0 Å². The maximum atomic E-state index is 11.5. The molecule has 1 unspecified atom stereocenters. The Morgan fingerprint density at radius 1 is 1.00 bits per heavy atom. The molecule has 0 N–H and O–H groups in total. The van der Waals surface area contributed by atoms with Crippen LogP contribution in [0.2, 0.25) is 0 Å². The van der Waals surface area contributed by atoms with Gasteiger partial charge in [-0.15, -0.1) is 0 Å². The zero-order valence-corrected chi connectivity index (χ0v) is 15.8. The quantitative estimate of drug-likeness (QED) is 0.546. The van der Waals surface area contributed by atoms with E-state index in [9.17, 15) is 14.4 Å². The molecule has 148 valence electrons. The zero-order valence-electron chi connectivity index (χ0n) is 15.8. The second kappa shape index (κ2) is 9.36. The highest BCUT2D eigenvalue weighted by Gasteiger charge is 2.44. The first-order valence-corrected chi connectivity index (χ1v) is 8.57. The summed E-state index contributed by atoms with van der Waals surface area (Å²) in [7, 11) is 1.57. The van der Waals surface area contributed by atoms with Crippen molar-refractivity contribution < 1.29 is 38.1 Å². The van der Waals surface area contributed by atoms with Gasteiger partial charge in [0.25, 0.3) is 0 Å². The number of hydrogen-bond donors (Lipinski definition) is 0. The predicted molar refractivity (Wildman–Crippen MR) is 93.0 cm³/mol. The number of carbonyl (C=O) groups excluding carboxylic acids is 3. The van der Waals surface area contributed by atoms with E-state index in [1.807, 2.05) is 12.1 Å². The summed E-state index contributed by atoms with van der Waals surface area (Å²) in [6, 6.07) is 7.25. The first-order chi connectivity index (χ1) is 12.8. The topological polar surface area (TPSA) is 97.4 Å². The normalized spacial score (nSPS) is 24.6. The maximum absolute atomic E-state index is 11.5. The molecule has 1 heterocycles. The minimum Gasteiger partial charge on any atom is -0.497 e. The largest absolute Gasteiger partial charge is 0.497 e. The molecule has 0 amide bonds. The number of methoxy groups -OCH3 is 1. The number of ether oxygens (including phenoxy) is 5. The lowest BCUT2D eigenvalue weighted by atomic mass is 9.93. The van der Waals surface area contributed by atoms with E-state index in [2.05, 4.69) is 0 Å². The zero-order chi connectivity index (χ0) is 20.0. The molecule has 1 aromatic rings. The molecule has 0 spiro atoms. The SMILES string of the molecule is COc1ccc(C2C[C@@H](OC(C)=O)[C@@H](OC(C)=O)[C@@H](COC(C)=O)O2)cc1. The molecule has 1 aliphatic rings. The van der Waals surface area contributed by atoms with E-state index >= 15 is 0 Å². The van der Waals surface area contributed by atoms with Gasteiger partial charge in [0, 0.05) is 27.2 Å². The van der Waals surface area contributed by atoms with E-state index in [-0.39, 0.29) is 6.61 Å². The van der Waals surface area contributed by atoms with Crippen molar-refractivity contribution in [1.82, 2.24) is 0 Å². The van der Waals surface area contributed by atoms with Crippen molar-refractivity contribution in [3.05, 3.63) is 29.8 Å². The Morgan fingerprint density at radius 2 is 1.63 bits per heavy atom. The Morgan fingerprint density at radius 3 is 2.15 bits per heavy atom. The summed E-state index contributed by atoms with van der Waals surface area (Å²) in [6.07, 6.45) is -2.52. The van der Waals surface area contributed by atoms with Crippen molar-refractivity contribution in [2.45, 2.75) is 51.6 Å². The van der Waals surface area contributed by atoms with Gasteiger partial charge in [0.05, 0.1) is 13.2 Å². The highest BCUT2D eigenvalue weighted by molar-refractivity contribution is 5.67. The molecule has 0 aliphatic carbocycles. The molecule has 0 aromatic heterocycles. The van der Waals surface area contributed by atoms with Crippen LogP contribution in [0.15, 0.2) is 24.3 Å². The molecule has 27 heavy (non-hydrogen) atoms. The van der Waals surface area contributed by atoms with Gasteiger partial charge in [0.1, 0.15) is 24.6 Å². The Kier molecular flexibility index (Phi) is 7.18. The van der Waals surface area contributed by atoms with Crippen LogP contribution in [0, 0.1) is 0 Å². The second-order valence-corrected chi connectivity index (χ2v) is 6.20. The first kappa shape index (κ1) is 20.7. The van der Waals surface area contributed by atoms with Crippen LogP contribution in [-0.4, -0.2) is 49.9 Å². The fraction of sp³-hybridized carbons (Fsp3) is 0.526. The van der Waals surface area contributed by atoms with Gasteiger partial charge in [-0.3, -0.25) is 14.4 Å². The highest BCUT2D eigenvalue weighted by atomic mass is 16.6. The maximum Gasteiger partial charge on any atom is 0.303 e. The Bertz CT molecular complexity index is 669. The molecule has 4 atom stereocenters. The van der Waals surface area contributed by atoms with Crippen LogP contribution in [-0.2, 0) is 33.3 Å². The van der Waals surface area contributed by atoms with Gasteiger partial charge in [-0.25, -0.2) is 0 Å². The first-order valence-electron chi connectivity index (χ1n) is 8.57. The molecular weight excluding hydrogens is 356 g/mol. The summed E-state index contributed by atoms with van der Waals surface area (Å²) in [5, 5.41) is 0. The summed E-state index contributed by atoms with van der Waals surface area (Å²) < 4.78 is 26.9. The van der Waals surface area contributed by atoms with Gasteiger partial charge < -0.3 is 23.7 Å². The van der Waals surface area contributed by atoms with Crippen molar-refractivity contribution in [3.8, 4) is 5.75 Å². The molecule has 0 bridgehead atoms. The summed E-state index contributed by atoms with van der Waals surface area (Å²) in [6.45, 7) is 3.68. The van der Waals surface area contributed by atoms with Gasteiger partial charge >= 0.3 is 17.9 Å². The van der Waals surface area contributed by atoms with Crippen LogP contribution >= 0.6 is 0 Å². The van der Waals surface area contributed by atoms with Crippen LogP contribution in [0.3, 0.4) is 0 Å². The molecule has 8 nitrogen and oxygen atoms in total. The third-order valence-electron chi connectivity index (χ3n) is 4.08. The highest BCUT2D eigenvalue weighted by Crippen LogP contribution is 2.35. The Hall–Kier alpha value is -2.61. The van der Waals surface area contributed by atoms with Crippen LogP contribution in [0.4, 0.5) is 0 Å². The van der Waals surface area contributed by atoms with Crippen molar-refractivity contribution in [1.29, 1.82) is 0 Å². The fourth-order valence-electron chi connectivity index (χ4n) is 2.97. The molecule has 0 saturated carbocycles. The average molecular weight is 380 g/mol. The summed E-state index contributed by atoms with van der Waals surface area (Å²) in [4.78, 5) is 34.3. The third-order valence-corrected chi connectivity index (χ3v) is 4.08. The molecule has 8 heteroatoms. The molecule has 1 aromatic carbocycles. The summed E-state index contributed by atoms with van der Waals surface area (Å²) in [5.41, 5.74) is 0.835. The number of carbonyl (C=O) groups is 3.